The third-order valence-electron chi connectivity index (χ3n) is 6.43. The second kappa shape index (κ2) is 12.9. The molecule has 0 bridgehead atoms. The fourth-order valence-electron chi connectivity index (χ4n) is 4.29. The van der Waals surface area contributed by atoms with E-state index in [1.54, 1.807) is 42.6 Å². The Hall–Kier alpha value is -5.00. The van der Waals surface area contributed by atoms with Crippen molar-refractivity contribution >= 4 is 45.2 Å². The van der Waals surface area contributed by atoms with Crippen molar-refractivity contribution in [2.45, 2.75) is 26.2 Å². The minimum Gasteiger partial charge on any atom is -0.462 e. The number of carbonyl (C=O) groups is 2. The standard InChI is InChI=1S/C33H27N3O4S/c1-2-3-17-39-32(38)24-13-11-23(12-14-24)30-16-15-27(40-30)18-26(20-34)31(37)36-33-35-21-28(41-33)19-25-9-6-8-22-7-4-5-10-29(22)25/h4-16,18,21H,2-3,17,19H2,1H3,(H,35,36,37)/b26-18+. The van der Waals surface area contributed by atoms with E-state index in [0.717, 1.165) is 23.3 Å². The fraction of sp³-hybridized carbons (Fsp3) is 0.152. The molecular weight excluding hydrogens is 534 g/mol. The van der Waals surface area contributed by atoms with Gasteiger partial charge in [-0.15, -0.1) is 11.3 Å². The highest BCUT2D eigenvalue weighted by Crippen LogP contribution is 2.27. The lowest BCUT2D eigenvalue weighted by Gasteiger charge is -2.04. The first-order valence-electron chi connectivity index (χ1n) is 13.3. The lowest BCUT2D eigenvalue weighted by molar-refractivity contribution is -0.112. The van der Waals surface area contributed by atoms with Crippen molar-refractivity contribution < 1.29 is 18.7 Å². The number of fused-ring (bicyclic) bond motifs is 1. The number of hydrogen-bond donors (Lipinski definition) is 1. The van der Waals surface area contributed by atoms with E-state index in [1.165, 1.54) is 33.7 Å². The average molecular weight is 562 g/mol. The predicted octanol–water partition coefficient (Wildman–Crippen LogP) is 7.65. The number of unbranched alkanes of at least 4 members (excludes halogenated alkanes) is 1. The van der Waals surface area contributed by atoms with E-state index in [9.17, 15) is 14.9 Å². The summed E-state index contributed by atoms with van der Waals surface area (Å²) >= 11 is 1.37. The Labute approximate surface area is 241 Å². The number of furan rings is 1. The number of benzene rings is 3. The Morgan fingerprint density at radius 2 is 1.85 bits per heavy atom. The van der Waals surface area contributed by atoms with Crippen LogP contribution in [0.4, 0.5) is 5.13 Å². The Morgan fingerprint density at radius 3 is 2.66 bits per heavy atom. The lowest BCUT2D eigenvalue weighted by Crippen LogP contribution is -2.13. The minimum absolute atomic E-state index is 0.109. The van der Waals surface area contributed by atoms with Gasteiger partial charge in [0.15, 0.2) is 5.13 Å². The van der Waals surface area contributed by atoms with Gasteiger partial charge in [-0.1, -0.05) is 67.9 Å². The van der Waals surface area contributed by atoms with Crippen LogP contribution in [0.15, 0.2) is 95.0 Å². The van der Waals surface area contributed by atoms with Crippen LogP contribution in [0, 0.1) is 11.3 Å². The van der Waals surface area contributed by atoms with Crippen molar-refractivity contribution in [2.24, 2.45) is 0 Å². The molecule has 2 aromatic heterocycles. The van der Waals surface area contributed by atoms with Crippen molar-refractivity contribution in [1.82, 2.24) is 4.98 Å². The number of nitriles is 1. The molecule has 0 aliphatic carbocycles. The molecule has 0 radical (unpaired) electrons. The zero-order valence-corrected chi connectivity index (χ0v) is 23.2. The molecule has 7 nitrogen and oxygen atoms in total. The van der Waals surface area contributed by atoms with Crippen molar-refractivity contribution in [3.05, 3.63) is 112 Å². The van der Waals surface area contributed by atoms with E-state index in [0.29, 0.717) is 35.2 Å². The third-order valence-corrected chi connectivity index (χ3v) is 7.35. The van der Waals surface area contributed by atoms with Crippen molar-refractivity contribution in [1.29, 1.82) is 5.26 Å². The topological polar surface area (TPSA) is 105 Å². The summed E-state index contributed by atoms with van der Waals surface area (Å²) in [7, 11) is 0. The number of hydrogen-bond acceptors (Lipinski definition) is 7. The van der Waals surface area contributed by atoms with E-state index in [4.69, 9.17) is 9.15 Å². The van der Waals surface area contributed by atoms with Gasteiger partial charge < -0.3 is 9.15 Å². The summed E-state index contributed by atoms with van der Waals surface area (Å²) in [5, 5.41) is 15.1. The maximum atomic E-state index is 12.8. The molecule has 0 fully saturated rings. The maximum Gasteiger partial charge on any atom is 0.338 e. The Bertz CT molecular complexity index is 1750. The summed E-state index contributed by atoms with van der Waals surface area (Å²) in [6.45, 7) is 2.43. The number of amides is 1. The molecule has 1 N–H and O–H groups in total. The second-order valence-corrected chi connectivity index (χ2v) is 10.5. The van der Waals surface area contributed by atoms with Crippen molar-refractivity contribution in [3.63, 3.8) is 0 Å². The fourth-order valence-corrected chi connectivity index (χ4v) is 5.12. The van der Waals surface area contributed by atoms with Crippen LogP contribution in [-0.2, 0) is 16.0 Å². The normalized spacial score (nSPS) is 11.3. The van der Waals surface area contributed by atoms with Crippen LogP contribution in [-0.4, -0.2) is 23.5 Å². The second-order valence-electron chi connectivity index (χ2n) is 9.34. The molecule has 5 aromatic rings. The van der Waals surface area contributed by atoms with Gasteiger partial charge in [-0.25, -0.2) is 9.78 Å². The summed E-state index contributed by atoms with van der Waals surface area (Å²) in [6.07, 6.45) is 5.60. The number of thiazole rings is 1. The Kier molecular flexibility index (Phi) is 8.67. The van der Waals surface area contributed by atoms with E-state index in [1.807, 2.05) is 31.2 Å². The van der Waals surface area contributed by atoms with E-state index < -0.39 is 5.91 Å². The van der Waals surface area contributed by atoms with Gasteiger partial charge in [0.2, 0.25) is 0 Å². The largest absolute Gasteiger partial charge is 0.462 e. The number of esters is 1. The molecule has 0 spiro atoms. The highest BCUT2D eigenvalue weighted by molar-refractivity contribution is 7.15. The molecule has 204 valence electrons. The van der Waals surface area contributed by atoms with Gasteiger partial charge in [-0.3, -0.25) is 10.1 Å². The van der Waals surface area contributed by atoms with Gasteiger partial charge in [-0.05, 0) is 47.0 Å². The molecule has 0 unspecified atom stereocenters. The maximum absolute atomic E-state index is 12.8. The number of rotatable bonds is 10. The number of carbonyl (C=O) groups excluding carboxylic acids is 2. The lowest BCUT2D eigenvalue weighted by atomic mass is 10.0. The molecule has 0 saturated heterocycles. The smallest absolute Gasteiger partial charge is 0.338 e. The predicted molar refractivity (Wildman–Crippen MR) is 160 cm³/mol. The number of aromatic nitrogens is 1. The van der Waals surface area contributed by atoms with Gasteiger partial charge in [0.05, 0.1) is 12.2 Å². The van der Waals surface area contributed by atoms with Crippen LogP contribution in [0.1, 0.15) is 46.3 Å². The minimum atomic E-state index is -0.567. The summed E-state index contributed by atoms with van der Waals surface area (Å²) in [5.41, 5.74) is 2.28. The van der Waals surface area contributed by atoms with E-state index in [-0.39, 0.29) is 11.5 Å². The molecule has 0 aliphatic rings. The number of ether oxygens (including phenoxy) is 1. The van der Waals surface area contributed by atoms with Crippen molar-refractivity contribution in [2.75, 3.05) is 11.9 Å². The molecule has 41 heavy (non-hydrogen) atoms. The highest BCUT2D eigenvalue weighted by atomic mass is 32.1. The number of nitrogens with one attached hydrogen (secondary N) is 1. The van der Waals surface area contributed by atoms with Crippen LogP contribution < -0.4 is 5.32 Å². The molecule has 8 heteroatoms. The van der Waals surface area contributed by atoms with Gasteiger partial charge in [0, 0.05) is 29.1 Å². The van der Waals surface area contributed by atoms with E-state index >= 15 is 0 Å². The molecule has 2 heterocycles. The molecule has 0 saturated carbocycles. The summed E-state index contributed by atoms with van der Waals surface area (Å²) in [4.78, 5) is 30.3. The van der Waals surface area contributed by atoms with Crippen LogP contribution >= 0.6 is 11.3 Å². The third kappa shape index (κ3) is 6.78. The van der Waals surface area contributed by atoms with E-state index in [2.05, 4.69) is 34.6 Å². The molecule has 1 amide bonds. The number of nitrogens with zero attached hydrogens (tertiary/aromatic N) is 2. The monoisotopic (exact) mass is 561 g/mol. The van der Waals surface area contributed by atoms with Gasteiger partial charge >= 0.3 is 5.97 Å². The van der Waals surface area contributed by atoms with Crippen LogP contribution in [0.3, 0.4) is 0 Å². The molecule has 5 rings (SSSR count). The van der Waals surface area contributed by atoms with Crippen LogP contribution in [0.5, 0.6) is 0 Å². The zero-order chi connectivity index (χ0) is 28.6. The summed E-state index contributed by atoms with van der Waals surface area (Å²) in [6, 6.07) is 26.7. The molecular formula is C33H27N3O4S. The van der Waals surface area contributed by atoms with Crippen LogP contribution in [0.2, 0.25) is 0 Å². The molecule has 3 aromatic carbocycles. The Balaban J connectivity index is 1.23. The summed E-state index contributed by atoms with van der Waals surface area (Å²) < 4.78 is 11.1. The van der Waals surface area contributed by atoms with Crippen LogP contribution in [0.25, 0.3) is 28.2 Å². The SMILES string of the molecule is CCCCOC(=O)c1ccc(-c2ccc(/C=C(\C#N)C(=O)Nc3ncc(Cc4cccc5ccccc45)s3)o2)cc1. The highest BCUT2D eigenvalue weighted by Gasteiger charge is 2.15. The van der Waals surface area contributed by atoms with Gasteiger partial charge in [0.1, 0.15) is 23.2 Å². The summed E-state index contributed by atoms with van der Waals surface area (Å²) in [5.74, 6) is -0.0375. The van der Waals surface area contributed by atoms with Crippen molar-refractivity contribution in [3.8, 4) is 17.4 Å². The molecule has 0 aliphatic heterocycles. The van der Waals surface area contributed by atoms with Gasteiger partial charge in [-0.2, -0.15) is 5.26 Å². The quantitative estimate of drug-likeness (QED) is 0.0813. The Morgan fingerprint density at radius 1 is 1.05 bits per heavy atom. The first-order chi connectivity index (χ1) is 20.0. The zero-order valence-electron chi connectivity index (χ0n) is 22.4. The average Bonchev–Trinajstić information content (AvgIpc) is 3.65. The number of anilines is 1. The van der Waals surface area contributed by atoms with Gasteiger partial charge in [0.25, 0.3) is 5.91 Å². The first kappa shape index (κ1) is 27.6. The molecule has 0 atom stereocenters. The first-order valence-corrected chi connectivity index (χ1v) is 14.1.